The summed E-state index contributed by atoms with van der Waals surface area (Å²) in [5.41, 5.74) is 3.25. The number of amides is 2. The predicted molar refractivity (Wildman–Crippen MR) is 104 cm³/mol. The second-order valence-electron chi connectivity index (χ2n) is 7.23. The monoisotopic (exact) mass is 364 g/mol. The Kier molecular flexibility index (Phi) is 4.84. The van der Waals surface area contributed by atoms with Gasteiger partial charge in [0.1, 0.15) is 5.75 Å². The molecular formula is C22H24N2O3. The summed E-state index contributed by atoms with van der Waals surface area (Å²) in [5, 5.41) is 3.19. The zero-order chi connectivity index (χ0) is 18.8. The summed E-state index contributed by atoms with van der Waals surface area (Å²) in [7, 11) is 1.59. The lowest BCUT2D eigenvalue weighted by Gasteiger charge is -2.27. The molecule has 5 heteroatoms. The van der Waals surface area contributed by atoms with E-state index in [0.29, 0.717) is 12.3 Å². The highest BCUT2D eigenvalue weighted by Gasteiger charge is 2.37. The molecule has 0 radical (unpaired) electrons. The summed E-state index contributed by atoms with van der Waals surface area (Å²) in [6.45, 7) is 0.388. The number of methoxy groups -OCH3 is 1. The van der Waals surface area contributed by atoms with E-state index in [-0.39, 0.29) is 30.2 Å². The number of carbonyl (C=O) groups excluding carboxylic acids is 2. The number of fused-ring (bicyclic) bond motifs is 1. The van der Waals surface area contributed by atoms with Gasteiger partial charge in [-0.3, -0.25) is 9.59 Å². The first-order valence-corrected chi connectivity index (χ1v) is 9.49. The first kappa shape index (κ1) is 17.6. The third-order valence-corrected chi connectivity index (χ3v) is 5.56. The normalized spacial score (nSPS) is 21.7. The Balaban J connectivity index is 1.47. The fourth-order valence-corrected chi connectivity index (χ4v) is 4.16. The van der Waals surface area contributed by atoms with Gasteiger partial charge in [0.2, 0.25) is 11.8 Å². The van der Waals surface area contributed by atoms with Gasteiger partial charge in [-0.25, -0.2) is 0 Å². The van der Waals surface area contributed by atoms with Crippen LogP contribution in [0, 0.1) is 5.92 Å². The molecule has 1 N–H and O–H groups in total. The van der Waals surface area contributed by atoms with Gasteiger partial charge in [-0.15, -0.1) is 0 Å². The van der Waals surface area contributed by atoms with Gasteiger partial charge in [0.05, 0.1) is 24.8 Å². The number of anilines is 1. The van der Waals surface area contributed by atoms with Crippen LogP contribution in [0.2, 0.25) is 0 Å². The third-order valence-electron chi connectivity index (χ3n) is 5.56. The van der Waals surface area contributed by atoms with E-state index in [1.54, 1.807) is 12.0 Å². The van der Waals surface area contributed by atoms with Crippen molar-refractivity contribution in [2.24, 2.45) is 5.92 Å². The number of hydrogen-bond donors (Lipinski definition) is 1. The van der Waals surface area contributed by atoms with Gasteiger partial charge in [0.15, 0.2) is 0 Å². The smallest absolute Gasteiger partial charge is 0.227 e. The molecule has 1 aliphatic carbocycles. The van der Waals surface area contributed by atoms with Crippen molar-refractivity contribution in [2.75, 3.05) is 18.6 Å². The molecule has 1 aliphatic heterocycles. The van der Waals surface area contributed by atoms with E-state index >= 15 is 0 Å². The number of hydrogen-bond acceptors (Lipinski definition) is 3. The van der Waals surface area contributed by atoms with Crippen molar-refractivity contribution in [2.45, 2.75) is 31.7 Å². The molecule has 0 bridgehead atoms. The van der Waals surface area contributed by atoms with Crippen LogP contribution in [0.4, 0.5) is 5.69 Å². The topological polar surface area (TPSA) is 58.6 Å². The highest BCUT2D eigenvalue weighted by atomic mass is 16.5. The van der Waals surface area contributed by atoms with E-state index in [1.165, 1.54) is 11.1 Å². The first-order chi connectivity index (χ1) is 13.2. The number of aryl methyl sites for hydroxylation is 1. The van der Waals surface area contributed by atoms with Gasteiger partial charge in [0, 0.05) is 13.0 Å². The van der Waals surface area contributed by atoms with E-state index in [0.717, 1.165) is 24.9 Å². The fraction of sp³-hybridized carbons (Fsp3) is 0.364. The lowest BCUT2D eigenvalue weighted by molar-refractivity contribution is -0.127. The van der Waals surface area contributed by atoms with E-state index in [9.17, 15) is 9.59 Å². The van der Waals surface area contributed by atoms with Crippen LogP contribution in [-0.2, 0) is 16.0 Å². The van der Waals surface area contributed by atoms with Gasteiger partial charge in [0.25, 0.3) is 0 Å². The molecule has 0 aromatic heterocycles. The number of para-hydroxylation sites is 2. The average Bonchev–Trinajstić information content (AvgIpc) is 3.10. The maximum absolute atomic E-state index is 12.9. The summed E-state index contributed by atoms with van der Waals surface area (Å²) in [6, 6.07) is 15.8. The van der Waals surface area contributed by atoms with Crippen LogP contribution in [0.3, 0.4) is 0 Å². The minimum Gasteiger partial charge on any atom is -0.495 e. The Bertz CT molecular complexity index is 864. The highest BCUT2D eigenvalue weighted by molar-refractivity contribution is 6.01. The van der Waals surface area contributed by atoms with Crippen LogP contribution < -0.4 is 15.0 Å². The van der Waals surface area contributed by atoms with Gasteiger partial charge in [-0.1, -0.05) is 36.4 Å². The first-order valence-electron chi connectivity index (χ1n) is 9.49. The molecule has 1 fully saturated rings. The van der Waals surface area contributed by atoms with Crippen LogP contribution in [-0.4, -0.2) is 25.5 Å². The van der Waals surface area contributed by atoms with Gasteiger partial charge in [-0.05, 0) is 42.5 Å². The molecule has 4 rings (SSSR count). The van der Waals surface area contributed by atoms with E-state index in [4.69, 9.17) is 4.74 Å². The van der Waals surface area contributed by atoms with Crippen molar-refractivity contribution in [1.82, 2.24) is 5.32 Å². The Labute approximate surface area is 159 Å². The van der Waals surface area contributed by atoms with E-state index < -0.39 is 0 Å². The Hall–Kier alpha value is -2.82. The number of benzene rings is 2. The predicted octanol–water partition coefficient (Wildman–Crippen LogP) is 3.24. The summed E-state index contributed by atoms with van der Waals surface area (Å²) in [6.07, 6.45) is 3.31. The molecule has 0 saturated carbocycles. The van der Waals surface area contributed by atoms with Crippen LogP contribution in [0.1, 0.15) is 36.4 Å². The molecule has 140 valence electrons. The third kappa shape index (κ3) is 3.42. The standard InChI is InChI=1S/C22H24N2O3/c1-27-20-12-5-4-11-19(20)24-14-16(13-21(24)25)22(26)23-18-10-6-8-15-7-2-3-9-17(15)18/h2-5,7,9,11-12,16,18H,6,8,10,13-14H2,1H3,(H,23,26)/t16-,18+/m0/s1. The number of ether oxygens (including phenoxy) is 1. The average molecular weight is 364 g/mol. The lowest BCUT2D eigenvalue weighted by atomic mass is 9.87. The van der Waals surface area contributed by atoms with Gasteiger partial charge in [-0.2, -0.15) is 0 Å². The summed E-state index contributed by atoms with van der Waals surface area (Å²) in [4.78, 5) is 27.1. The Morgan fingerprint density at radius 1 is 1.15 bits per heavy atom. The van der Waals surface area contributed by atoms with Crippen molar-refractivity contribution in [3.8, 4) is 5.75 Å². The number of carbonyl (C=O) groups is 2. The SMILES string of the molecule is COc1ccccc1N1C[C@@H](C(=O)N[C@@H]2CCCc3ccccc32)CC1=O. The van der Waals surface area contributed by atoms with Crippen molar-refractivity contribution < 1.29 is 14.3 Å². The molecule has 5 nitrogen and oxygen atoms in total. The van der Waals surface area contributed by atoms with Crippen LogP contribution in [0.15, 0.2) is 48.5 Å². The summed E-state index contributed by atoms with van der Waals surface area (Å²) in [5.74, 6) is 0.232. The fourth-order valence-electron chi connectivity index (χ4n) is 4.16. The number of nitrogens with zero attached hydrogens (tertiary/aromatic N) is 1. The van der Waals surface area contributed by atoms with Crippen molar-refractivity contribution in [1.29, 1.82) is 0 Å². The van der Waals surface area contributed by atoms with Crippen LogP contribution >= 0.6 is 0 Å². The molecule has 2 aliphatic rings. The summed E-state index contributed by atoms with van der Waals surface area (Å²) < 4.78 is 5.37. The Morgan fingerprint density at radius 3 is 2.78 bits per heavy atom. The Morgan fingerprint density at radius 2 is 1.93 bits per heavy atom. The maximum Gasteiger partial charge on any atom is 0.227 e. The zero-order valence-electron chi connectivity index (χ0n) is 15.5. The minimum atomic E-state index is -0.337. The molecule has 2 aromatic carbocycles. The quantitative estimate of drug-likeness (QED) is 0.906. The highest BCUT2D eigenvalue weighted by Crippen LogP contribution is 2.34. The van der Waals surface area contributed by atoms with Gasteiger partial charge < -0.3 is 15.0 Å². The molecule has 27 heavy (non-hydrogen) atoms. The van der Waals surface area contributed by atoms with Crippen molar-refractivity contribution in [3.63, 3.8) is 0 Å². The molecule has 2 amide bonds. The molecule has 0 unspecified atom stereocenters. The molecule has 1 heterocycles. The van der Waals surface area contributed by atoms with Crippen molar-refractivity contribution >= 4 is 17.5 Å². The van der Waals surface area contributed by atoms with E-state index in [1.807, 2.05) is 36.4 Å². The minimum absolute atomic E-state index is 0.0382. The lowest BCUT2D eigenvalue weighted by Crippen LogP contribution is -2.36. The second kappa shape index (κ2) is 7.43. The molecule has 2 aromatic rings. The van der Waals surface area contributed by atoms with E-state index in [2.05, 4.69) is 17.4 Å². The van der Waals surface area contributed by atoms with Crippen LogP contribution in [0.25, 0.3) is 0 Å². The largest absolute Gasteiger partial charge is 0.495 e. The molecule has 0 spiro atoms. The van der Waals surface area contributed by atoms with Crippen molar-refractivity contribution in [3.05, 3.63) is 59.7 Å². The summed E-state index contributed by atoms with van der Waals surface area (Å²) >= 11 is 0. The van der Waals surface area contributed by atoms with Gasteiger partial charge >= 0.3 is 0 Å². The second-order valence-corrected chi connectivity index (χ2v) is 7.23. The number of nitrogens with one attached hydrogen (secondary N) is 1. The molecular weight excluding hydrogens is 340 g/mol. The zero-order valence-corrected chi connectivity index (χ0v) is 15.5. The maximum atomic E-state index is 12.9. The number of rotatable bonds is 4. The van der Waals surface area contributed by atoms with Crippen LogP contribution in [0.5, 0.6) is 5.75 Å². The molecule has 2 atom stereocenters. The molecule has 1 saturated heterocycles.